The first-order valence-electron chi connectivity index (χ1n) is 15.9. The molecule has 0 fully saturated rings. The second kappa shape index (κ2) is 14.3. The molecular weight excluding hydrogens is 696 g/mol. The molecule has 0 saturated carbocycles. The predicted octanol–water partition coefficient (Wildman–Crippen LogP) is 6.65. The number of carboxylic acids is 1. The zero-order valence-corrected chi connectivity index (χ0v) is 31.4. The van der Waals surface area contributed by atoms with E-state index in [1.54, 1.807) is 48.5 Å². The van der Waals surface area contributed by atoms with Crippen molar-refractivity contribution in [2.24, 2.45) is 0 Å². The maximum Gasteiger partial charge on any atom is 0.356 e. The van der Waals surface area contributed by atoms with Crippen molar-refractivity contribution in [2.75, 3.05) is 7.11 Å². The minimum Gasteiger partial charge on any atom is -0.507 e. The lowest BCUT2D eigenvalue weighted by atomic mass is 9.87. The average molecular weight is 735 g/mol. The molecule has 0 aromatic heterocycles. The number of aryl methyl sites for hydroxylation is 1. The number of phenolic OH excluding ortho intramolecular Hbond substituents is 1. The van der Waals surface area contributed by atoms with Crippen molar-refractivity contribution in [3.8, 4) is 23.0 Å². The van der Waals surface area contributed by atoms with Crippen LogP contribution in [0.1, 0.15) is 88.1 Å². The van der Waals surface area contributed by atoms with Gasteiger partial charge in [-0.15, -0.1) is 0 Å². The SMILES string of the molecule is COC1=CC(=O)C=C(C)[C@]1(O)C(=O)Oc1c(C)c(O)c(C(=O)Oc2cc(C)c(C(=O)Oc3c(C)c(C)c(C(=O)O)c(C)c3C)c(C)c2C)c(C)c1Cl. The van der Waals surface area contributed by atoms with Gasteiger partial charge in [-0.1, -0.05) is 11.6 Å². The number of esters is 3. The summed E-state index contributed by atoms with van der Waals surface area (Å²) >= 11 is 6.58. The third kappa shape index (κ3) is 6.44. The van der Waals surface area contributed by atoms with Crippen molar-refractivity contribution in [1.82, 2.24) is 0 Å². The number of carbonyl (C=O) groups is 5. The van der Waals surface area contributed by atoms with E-state index in [2.05, 4.69) is 0 Å². The number of hydrogen-bond donors (Lipinski definition) is 3. The summed E-state index contributed by atoms with van der Waals surface area (Å²) in [4.78, 5) is 64.3. The van der Waals surface area contributed by atoms with Gasteiger partial charge < -0.3 is 34.3 Å². The minimum absolute atomic E-state index is 0.00492. The van der Waals surface area contributed by atoms with Crippen LogP contribution in [0, 0.1) is 62.3 Å². The second-order valence-electron chi connectivity index (χ2n) is 12.8. The summed E-state index contributed by atoms with van der Waals surface area (Å²) in [5.74, 6) is -5.52. The highest BCUT2D eigenvalue weighted by atomic mass is 35.5. The molecule has 1 atom stereocenters. The molecule has 3 N–H and O–H groups in total. The molecule has 1 aliphatic carbocycles. The number of hydrogen-bond acceptors (Lipinski definition) is 11. The first kappa shape index (κ1) is 39.3. The lowest BCUT2D eigenvalue weighted by Crippen LogP contribution is -2.47. The number of methoxy groups -OCH3 is 1. The first-order chi connectivity index (χ1) is 24.1. The van der Waals surface area contributed by atoms with Crippen molar-refractivity contribution < 1.29 is 58.2 Å². The molecule has 0 bridgehead atoms. The van der Waals surface area contributed by atoms with E-state index in [-0.39, 0.29) is 61.4 Å². The van der Waals surface area contributed by atoms with Gasteiger partial charge in [0.05, 0.1) is 23.3 Å². The number of aliphatic hydroxyl groups is 1. The predicted molar refractivity (Wildman–Crippen MR) is 190 cm³/mol. The smallest absolute Gasteiger partial charge is 0.356 e. The van der Waals surface area contributed by atoms with Crippen LogP contribution in [0.2, 0.25) is 5.02 Å². The van der Waals surface area contributed by atoms with Gasteiger partial charge in [-0.3, -0.25) is 4.79 Å². The first-order valence-corrected chi connectivity index (χ1v) is 16.3. The fourth-order valence-electron chi connectivity index (χ4n) is 6.22. The summed E-state index contributed by atoms with van der Waals surface area (Å²) < 4.78 is 22.1. The van der Waals surface area contributed by atoms with Crippen LogP contribution in [-0.2, 0) is 14.3 Å². The molecule has 0 saturated heterocycles. The van der Waals surface area contributed by atoms with Crippen LogP contribution in [0.4, 0.5) is 0 Å². The van der Waals surface area contributed by atoms with Crippen molar-refractivity contribution >= 4 is 41.3 Å². The van der Waals surface area contributed by atoms with Gasteiger partial charge in [0, 0.05) is 11.6 Å². The van der Waals surface area contributed by atoms with E-state index in [0.29, 0.717) is 38.9 Å². The normalized spacial score (nSPS) is 15.4. The molecule has 0 spiro atoms. The molecule has 4 rings (SSSR count). The molecular formula is C39H39ClO12. The molecule has 52 heavy (non-hydrogen) atoms. The standard InChI is InChI=1S/C39H39ClO12/c1-15-12-26(17(3)18(4)28(15)36(45)51-33-21(7)19(5)29(35(43)44)20(6)22(33)8)50-37(46)30-23(9)31(40)34(24(10)32(30)42)52-38(47)39(48)16(2)13-25(41)14-27(39)49-11/h12-14,42,48H,1-11H3,(H,43,44)/t39-/m1/s1. The van der Waals surface area contributed by atoms with Crippen molar-refractivity contribution in [1.29, 1.82) is 0 Å². The quantitative estimate of drug-likeness (QED) is 0.166. The van der Waals surface area contributed by atoms with Gasteiger partial charge in [0.2, 0.25) is 5.60 Å². The summed E-state index contributed by atoms with van der Waals surface area (Å²) in [6.07, 6.45) is 1.99. The molecule has 274 valence electrons. The molecule has 0 amide bonds. The molecule has 0 unspecified atom stereocenters. The van der Waals surface area contributed by atoms with Gasteiger partial charge >= 0.3 is 23.9 Å². The monoisotopic (exact) mass is 734 g/mol. The van der Waals surface area contributed by atoms with Crippen LogP contribution in [0.25, 0.3) is 0 Å². The number of carbonyl (C=O) groups excluding carboxylic acids is 4. The maximum atomic E-state index is 13.6. The zero-order valence-electron chi connectivity index (χ0n) is 30.6. The Morgan fingerprint density at radius 1 is 0.673 bits per heavy atom. The van der Waals surface area contributed by atoms with Crippen molar-refractivity contribution in [2.45, 2.75) is 74.8 Å². The minimum atomic E-state index is -2.47. The van der Waals surface area contributed by atoms with E-state index >= 15 is 0 Å². The van der Waals surface area contributed by atoms with E-state index in [9.17, 15) is 39.3 Å². The fraction of sp³-hybridized carbons (Fsp3) is 0.308. The molecule has 12 nitrogen and oxygen atoms in total. The number of phenols is 1. The Morgan fingerprint density at radius 3 is 1.75 bits per heavy atom. The zero-order chi connectivity index (χ0) is 39.3. The number of ether oxygens (including phenoxy) is 4. The number of rotatable bonds is 8. The second-order valence-corrected chi connectivity index (χ2v) is 13.1. The Hall–Kier alpha value is -5.46. The number of ketones is 1. The van der Waals surface area contributed by atoms with E-state index in [0.717, 1.165) is 12.2 Å². The van der Waals surface area contributed by atoms with Gasteiger partial charge in [0.15, 0.2) is 11.5 Å². The Balaban J connectivity index is 1.66. The Bertz CT molecular complexity index is 2130. The van der Waals surface area contributed by atoms with Crippen LogP contribution in [0.5, 0.6) is 23.0 Å². The van der Waals surface area contributed by atoms with Gasteiger partial charge in [-0.05, 0) is 131 Å². The molecule has 3 aromatic carbocycles. The summed E-state index contributed by atoms with van der Waals surface area (Å²) in [6.45, 7) is 15.7. The highest BCUT2D eigenvalue weighted by molar-refractivity contribution is 6.34. The summed E-state index contributed by atoms with van der Waals surface area (Å²) in [7, 11) is 1.17. The average Bonchev–Trinajstić information content (AvgIpc) is 3.07. The topological polar surface area (TPSA) is 183 Å². The lowest BCUT2D eigenvalue weighted by Gasteiger charge is -2.30. The highest BCUT2D eigenvalue weighted by Crippen LogP contribution is 2.43. The van der Waals surface area contributed by atoms with Crippen LogP contribution < -0.4 is 14.2 Å². The fourth-order valence-corrected chi connectivity index (χ4v) is 6.50. The maximum absolute atomic E-state index is 13.6. The number of allylic oxidation sites excluding steroid dienone is 2. The molecule has 1 aliphatic rings. The largest absolute Gasteiger partial charge is 0.507 e. The number of benzene rings is 3. The third-order valence-corrected chi connectivity index (χ3v) is 10.2. The highest BCUT2D eigenvalue weighted by Gasteiger charge is 2.48. The number of aromatic carboxylic acids is 1. The number of carboxylic acid groups (broad SMARTS) is 1. The Morgan fingerprint density at radius 2 is 1.21 bits per heavy atom. The molecule has 0 radical (unpaired) electrons. The summed E-state index contributed by atoms with van der Waals surface area (Å²) in [5, 5.41) is 31.9. The van der Waals surface area contributed by atoms with E-state index in [1.165, 1.54) is 33.9 Å². The van der Waals surface area contributed by atoms with Gasteiger partial charge in [-0.2, -0.15) is 0 Å². The van der Waals surface area contributed by atoms with Crippen molar-refractivity contribution in [3.63, 3.8) is 0 Å². The molecule has 3 aromatic rings. The van der Waals surface area contributed by atoms with Crippen LogP contribution in [-0.4, -0.2) is 57.7 Å². The third-order valence-electron chi connectivity index (χ3n) is 9.73. The molecule has 13 heteroatoms. The van der Waals surface area contributed by atoms with Gasteiger partial charge in [0.1, 0.15) is 28.6 Å². The van der Waals surface area contributed by atoms with Gasteiger partial charge in [0.25, 0.3) is 0 Å². The van der Waals surface area contributed by atoms with Crippen LogP contribution in [0.3, 0.4) is 0 Å². The Kier molecular flexibility index (Phi) is 10.8. The molecule has 0 heterocycles. The van der Waals surface area contributed by atoms with Crippen LogP contribution in [0.15, 0.2) is 29.6 Å². The van der Waals surface area contributed by atoms with Crippen molar-refractivity contribution in [3.05, 3.63) is 101 Å². The van der Waals surface area contributed by atoms with Gasteiger partial charge in [-0.25, -0.2) is 19.2 Å². The van der Waals surface area contributed by atoms with E-state index in [1.807, 2.05) is 0 Å². The molecule has 0 aliphatic heterocycles. The Labute approximate surface area is 305 Å². The summed E-state index contributed by atoms with van der Waals surface area (Å²) in [5.41, 5.74) is 0.667. The number of halogens is 1. The van der Waals surface area contributed by atoms with E-state index in [4.69, 9.17) is 30.5 Å². The summed E-state index contributed by atoms with van der Waals surface area (Å²) in [6, 6.07) is 1.48. The van der Waals surface area contributed by atoms with Crippen LogP contribution >= 0.6 is 11.6 Å². The number of aromatic hydroxyl groups is 1. The van der Waals surface area contributed by atoms with E-state index < -0.39 is 41.0 Å². The lowest BCUT2D eigenvalue weighted by molar-refractivity contribution is -0.151.